The van der Waals surface area contributed by atoms with E-state index < -0.39 is 0 Å². The first-order valence-electron chi connectivity index (χ1n) is 8.59. The summed E-state index contributed by atoms with van der Waals surface area (Å²) in [6, 6.07) is 5.75. The third kappa shape index (κ3) is 2.37. The Morgan fingerprint density at radius 2 is 2.12 bits per heavy atom. The maximum atomic E-state index is 12.8. The number of rotatable bonds is 4. The molecule has 0 bridgehead atoms. The van der Waals surface area contributed by atoms with Crippen LogP contribution >= 0.6 is 0 Å². The summed E-state index contributed by atoms with van der Waals surface area (Å²) in [5, 5.41) is 0. The molecule has 0 radical (unpaired) electrons. The summed E-state index contributed by atoms with van der Waals surface area (Å²) in [7, 11) is 1.76. The monoisotopic (exact) mass is 331 g/mol. The van der Waals surface area contributed by atoms with Gasteiger partial charge >= 0.3 is 0 Å². The number of benzene rings is 1. The van der Waals surface area contributed by atoms with Gasteiger partial charge in [0.2, 0.25) is 12.7 Å². The average Bonchev–Trinajstić information content (AvgIpc) is 3.09. The van der Waals surface area contributed by atoms with Crippen molar-refractivity contribution in [3.05, 3.63) is 23.8 Å². The standard InChI is InChI=1S/C19H25NO4/c1-18(2)9-19(11-22-3)10-20(8-16(18)19)17(21)7-13-4-5-14-15(6-13)24-12-23-14/h4-6,16H,7-12H2,1-3H3/t16-,19-/m1/s1. The van der Waals surface area contributed by atoms with Crippen LogP contribution in [0.3, 0.4) is 0 Å². The lowest BCUT2D eigenvalue weighted by molar-refractivity contribution is -0.130. The van der Waals surface area contributed by atoms with Crippen LogP contribution < -0.4 is 9.47 Å². The minimum Gasteiger partial charge on any atom is -0.454 e. The van der Waals surface area contributed by atoms with E-state index >= 15 is 0 Å². The summed E-state index contributed by atoms with van der Waals surface area (Å²) >= 11 is 0. The van der Waals surface area contributed by atoms with Crippen LogP contribution in [0, 0.1) is 16.7 Å². The number of methoxy groups -OCH3 is 1. The lowest BCUT2D eigenvalue weighted by atomic mass is 9.48. The van der Waals surface area contributed by atoms with Gasteiger partial charge in [-0.1, -0.05) is 19.9 Å². The molecule has 2 aliphatic heterocycles. The number of hydrogen-bond acceptors (Lipinski definition) is 4. The van der Waals surface area contributed by atoms with E-state index in [1.165, 1.54) is 0 Å². The SMILES string of the molecule is COC[C@@]12CN(C(=O)Cc3ccc4c(c3)OCO4)C[C@@H]1C(C)(C)C2. The summed E-state index contributed by atoms with van der Waals surface area (Å²) in [5.41, 5.74) is 1.43. The first-order valence-corrected chi connectivity index (χ1v) is 8.59. The predicted octanol–water partition coefficient (Wildman–Crippen LogP) is 2.48. The van der Waals surface area contributed by atoms with Gasteiger partial charge in [-0.2, -0.15) is 0 Å². The van der Waals surface area contributed by atoms with E-state index in [9.17, 15) is 4.79 Å². The van der Waals surface area contributed by atoms with Crippen LogP contribution in [0.5, 0.6) is 11.5 Å². The van der Waals surface area contributed by atoms with E-state index in [0.717, 1.165) is 43.2 Å². The second kappa shape index (κ2) is 5.38. The zero-order chi connectivity index (χ0) is 16.9. The van der Waals surface area contributed by atoms with Crippen LogP contribution in [0.1, 0.15) is 25.8 Å². The largest absolute Gasteiger partial charge is 0.454 e. The van der Waals surface area contributed by atoms with Gasteiger partial charge in [0.05, 0.1) is 13.0 Å². The van der Waals surface area contributed by atoms with E-state index in [4.69, 9.17) is 14.2 Å². The number of carbonyl (C=O) groups excluding carboxylic acids is 1. The van der Waals surface area contributed by atoms with Crippen LogP contribution in [-0.4, -0.2) is 44.4 Å². The molecule has 5 heteroatoms. The smallest absolute Gasteiger partial charge is 0.231 e. The van der Waals surface area contributed by atoms with Crippen molar-refractivity contribution in [2.75, 3.05) is 33.6 Å². The Morgan fingerprint density at radius 1 is 1.33 bits per heavy atom. The fourth-order valence-electron chi connectivity index (χ4n) is 5.14. The molecular formula is C19H25NO4. The number of carbonyl (C=O) groups is 1. The Hall–Kier alpha value is -1.75. The van der Waals surface area contributed by atoms with Gasteiger partial charge in [0.15, 0.2) is 11.5 Å². The second-order valence-corrected chi connectivity index (χ2v) is 8.15. The molecular weight excluding hydrogens is 306 g/mol. The predicted molar refractivity (Wildman–Crippen MR) is 89.0 cm³/mol. The maximum Gasteiger partial charge on any atom is 0.231 e. The molecule has 0 spiro atoms. The molecule has 2 atom stereocenters. The Morgan fingerprint density at radius 3 is 2.88 bits per heavy atom. The van der Waals surface area contributed by atoms with E-state index in [1.54, 1.807) is 7.11 Å². The van der Waals surface area contributed by atoms with Crippen molar-refractivity contribution >= 4 is 5.91 Å². The number of nitrogens with zero attached hydrogens (tertiary/aromatic N) is 1. The Bertz CT molecular complexity index is 671. The van der Waals surface area contributed by atoms with Gasteiger partial charge in [0.25, 0.3) is 0 Å². The number of likely N-dealkylation sites (tertiary alicyclic amines) is 1. The quantitative estimate of drug-likeness (QED) is 0.850. The molecule has 130 valence electrons. The van der Waals surface area contributed by atoms with Crippen LogP contribution in [0.2, 0.25) is 0 Å². The lowest BCUT2D eigenvalue weighted by Gasteiger charge is -2.56. The zero-order valence-corrected chi connectivity index (χ0v) is 14.6. The highest BCUT2D eigenvalue weighted by molar-refractivity contribution is 5.79. The highest BCUT2D eigenvalue weighted by atomic mass is 16.7. The van der Waals surface area contributed by atoms with Crippen LogP contribution in [-0.2, 0) is 16.0 Å². The normalized spacial score (nSPS) is 29.3. The summed E-state index contributed by atoms with van der Waals surface area (Å²) in [5.74, 6) is 2.21. The molecule has 1 saturated carbocycles. The molecule has 0 N–H and O–H groups in total. The van der Waals surface area contributed by atoms with Gasteiger partial charge < -0.3 is 19.1 Å². The topological polar surface area (TPSA) is 48.0 Å². The molecule has 4 rings (SSSR count). The van der Waals surface area contributed by atoms with E-state index in [0.29, 0.717) is 17.8 Å². The first kappa shape index (κ1) is 15.8. The molecule has 2 fully saturated rings. The van der Waals surface area contributed by atoms with Gasteiger partial charge in [-0.25, -0.2) is 0 Å². The second-order valence-electron chi connectivity index (χ2n) is 8.15. The van der Waals surface area contributed by atoms with Crippen molar-refractivity contribution in [1.29, 1.82) is 0 Å². The third-order valence-corrected chi connectivity index (χ3v) is 5.98. The first-order chi connectivity index (χ1) is 11.4. The van der Waals surface area contributed by atoms with E-state index in [-0.39, 0.29) is 18.1 Å². The minimum absolute atomic E-state index is 0.156. The van der Waals surface area contributed by atoms with Gasteiger partial charge in [-0.3, -0.25) is 4.79 Å². The summed E-state index contributed by atoms with van der Waals surface area (Å²) in [6.07, 6.45) is 1.54. The van der Waals surface area contributed by atoms with Gasteiger partial charge in [-0.05, 0) is 35.4 Å². The van der Waals surface area contributed by atoms with Crippen LogP contribution in [0.25, 0.3) is 0 Å². The number of fused-ring (bicyclic) bond motifs is 2. The fourth-order valence-corrected chi connectivity index (χ4v) is 5.14. The molecule has 5 nitrogen and oxygen atoms in total. The highest BCUT2D eigenvalue weighted by Crippen LogP contribution is 2.62. The molecule has 1 aromatic carbocycles. The molecule has 1 aliphatic carbocycles. The summed E-state index contributed by atoms with van der Waals surface area (Å²) in [6.45, 7) is 7.27. The Labute approximate surface area is 142 Å². The molecule has 24 heavy (non-hydrogen) atoms. The molecule has 0 unspecified atom stereocenters. The maximum absolute atomic E-state index is 12.8. The Balaban J connectivity index is 1.46. The molecule has 1 amide bonds. The highest BCUT2D eigenvalue weighted by Gasteiger charge is 2.63. The van der Waals surface area contributed by atoms with Crippen molar-refractivity contribution in [3.8, 4) is 11.5 Å². The fraction of sp³-hybridized carbons (Fsp3) is 0.632. The number of amides is 1. The number of ether oxygens (including phenoxy) is 3. The molecule has 0 aromatic heterocycles. The van der Waals surface area contributed by atoms with E-state index in [1.807, 2.05) is 23.1 Å². The molecule has 3 aliphatic rings. The van der Waals surface area contributed by atoms with Crippen molar-refractivity contribution in [2.24, 2.45) is 16.7 Å². The molecule has 2 heterocycles. The zero-order valence-electron chi connectivity index (χ0n) is 14.6. The van der Waals surface area contributed by atoms with E-state index in [2.05, 4.69) is 13.8 Å². The van der Waals surface area contributed by atoms with Crippen molar-refractivity contribution in [2.45, 2.75) is 26.7 Å². The van der Waals surface area contributed by atoms with Crippen molar-refractivity contribution in [1.82, 2.24) is 4.90 Å². The Kier molecular flexibility index (Phi) is 3.53. The van der Waals surface area contributed by atoms with Gasteiger partial charge in [0, 0.05) is 25.6 Å². The van der Waals surface area contributed by atoms with Crippen LogP contribution in [0.15, 0.2) is 18.2 Å². The number of hydrogen-bond donors (Lipinski definition) is 0. The summed E-state index contributed by atoms with van der Waals surface area (Å²) in [4.78, 5) is 14.8. The lowest BCUT2D eigenvalue weighted by Crippen LogP contribution is -2.55. The summed E-state index contributed by atoms with van der Waals surface area (Å²) < 4.78 is 16.2. The van der Waals surface area contributed by atoms with Gasteiger partial charge in [-0.15, -0.1) is 0 Å². The van der Waals surface area contributed by atoms with Crippen LogP contribution in [0.4, 0.5) is 0 Å². The minimum atomic E-state index is 0.156. The van der Waals surface area contributed by atoms with Crippen molar-refractivity contribution < 1.29 is 19.0 Å². The van der Waals surface area contributed by atoms with Gasteiger partial charge in [0.1, 0.15) is 0 Å². The molecule has 1 aromatic rings. The molecule has 1 saturated heterocycles. The average molecular weight is 331 g/mol. The third-order valence-electron chi connectivity index (χ3n) is 5.98. The van der Waals surface area contributed by atoms with Crippen molar-refractivity contribution in [3.63, 3.8) is 0 Å².